The Kier molecular flexibility index (Phi) is 6.25. The Hall–Kier alpha value is -1.85. The number of nitrogens with one attached hydrogen (secondary N) is 1. The van der Waals surface area contributed by atoms with E-state index in [1.165, 1.54) is 16.6 Å². The molecule has 0 unspecified atom stereocenters. The molecule has 25 heavy (non-hydrogen) atoms. The number of hydrogen-bond acceptors (Lipinski definition) is 4. The third-order valence-corrected chi connectivity index (χ3v) is 4.49. The molecular weight excluding hydrogens is 334 g/mol. The van der Waals surface area contributed by atoms with Gasteiger partial charge < -0.3 is 10.2 Å². The normalized spacial score (nSPS) is 11.3. The van der Waals surface area contributed by atoms with Crippen LogP contribution in [0.4, 0.5) is 5.69 Å². The molecule has 6 heteroatoms. The zero-order valence-electron chi connectivity index (χ0n) is 15.8. The zero-order valence-corrected chi connectivity index (χ0v) is 16.6. The Morgan fingerprint density at radius 1 is 1.24 bits per heavy atom. The van der Waals surface area contributed by atoms with Gasteiger partial charge in [-0.05, 0) is 52.0 Å². The van der Waals surface area contributed by atoms with E-state index in [0.29, 0.717) is 0 Å². The number of nitrogens with zero attached hydrogens (tertiary/aromatic N) is 4. The molecule has 0 aliphatic carbocycles. The average Bonchev–Trinajstić information content (AvgIpc) is 2.84. The van der Waals surface area contributed by atoms with E-state index >= 15 is 0 Å². The molecule has 2 aromatic heterocycles. The molecule has 0 saturated carbocycles. The summed E-state index contributed by atoms with van der Waals surface area (Å²) in [5, 5.41) is 10.6. The van der Waals surface area contributed by atoms with Gasteiger partial charge in [-0.3, -0.25) is 4.68 Å². The molecular formula is C19H28ClN5. The third-order valence-electron chi connectivity index (χ3n) is 4.49. The molecule has 0 fully saturated rings. The first kappa shape index (κ1) is 19.5. The topological polar surface area (TPSA) is 46.0 Å². The Morgan fingerprint density at radius 3 is 2.68 bits per heavy atom. The molecule has 0 radical (unpaired) electrons. The first-order valence-corrected chi connectivity index (χ1v) is 8.65. The lowest BCUT2D eigenvalue weighted by molar-refractivity contribution is 0.405. The second kappa shape index (κ2) is 8.02. The first-order valence-electron chi connectivity index (χ1n) is 8.65. The van der Waals surface area contributed by atoms with Gasteiger partial charge in [0.1, 0.15) is 0 Å². The van der Waals surface area contributed by atoms with E-state index in [0.717, 1.165) is 48.2 Å². The van der Waals surface area contributed by atoms with Crippen LogP contribution < -0.4 is 5.32 Å². The maximum Gasteiger partial charge on any atom is 0.160 e. The number of rotatable bonds is 6. The van der Waals surface area contributed by atoms with Crippen molar-refractivity contribution in [3.8, 4) is 0 Å². The number of aromatic nitrogens is 3. The average molecular weight is 362 g/mol. The molecule has 136 valence electrons. The lowest BCUT2D eigenvalue weighted by atomic mass is 10.1. The molecule has 0 atom stereocenters. The molecule has 0 aliphatic heterocycles. The van der Waals surface area contributed by atoms with Gasteiger partial charge in [0.15, 0.2) is 5.65 Å². The molecule has 1 aromatic carbocycles. The van der Waals surface area contributed by atoms with Crippen molar-refractivity contribution in [3.05, 3.63) is 29.5 Å². The Morgan fingerprint density at radius 2 is 2.00 bits per heavy atom. The molecule has 0 saturated heterocycles. The number of pyridine rings is 1. The van der Waals surface area contributed by atoms with E-state index in [2.05, 4.69) is 61.5 Å². The van der Waals surface area contributed by atoms with Crippen LogP contribution in [0.5, 0.6) is 0 Å². The molecule has 1 N–H and O–H groups in total. The lowest BCUT2D eigenvalue weighted by Gasteiger charge is -2.14. The number of hydrogen-bond donors (Lipinski definition) is 1. The summed E-state index contributed by atoms with van der Waals surface area (Å²) < 4.78 is 1.88. The van der Waals surface area contributed by atoms with Crippen LogP contribution in [-0.4, -0.2) is 46.8 Å². The minimum Gasteiger partial charge on any atom is -0.384 e. The highest BCUT2D eigenvalue weighted by atomic mass is 35.5. The molecule has 0 bridgehead atoms. The number of halogens is 1. The van der Waals surface area contributed by atoms with Crippen molar-refractivity contribution >= 4 is 40.0 Å². The molecule has 3 rings (SSSR count). The van der Waals surface area contributed by atoms with Crippen molar-refractivity contribution in [2.75, 3.05) is 32.5 Å². The summed E-state index contributed by atoms with van der Waals surface area (Å²) in [6.45, 7) is 6.25. The highest BCUT2D eigenvalue weighted by Gasteiger charge is 2.15. The molecule has 2 heterocycles. The van der Waals surface area contributed by atoms with E-state index in [4.69, 9.17) is 4.98 Å². The largest absolute Gasteiger partial charge is 0.384 e. The monoisotopic (exact) mass is 361 g/mol. The SMILES string of the molecule is CCc1ccc2c(NCCCN(C)C)c3c(C)nn(C)c3nc2c1.Cl. The van der Waals surface area contributed by atoms with E-state index in [1.54, 1.807) is 0 Å². The van der Waals surface area contributed by atoms with Crippen LogP contribution in [0.1, 0.15) is 24.6 Å². The summed E-state index contributed by atoms with van der Waals surface area (Å²) in [5.41, 5.74) is 5.49. The Bertz CT molecular complexity index is 869. The summed E-state index contributed by atoms with van der Waals surface area (Å²) in [7, 11) is 6.18. The van der Waals surface area contributed by atoms with Gasteiger partial charge in [-0.25, -0.2) is 4.98 Å². The van der Waals surface area contributed by atoms with E-state index in [-0.39, 0.29) is 12.4 Å². The van der Waals surface area contributed by atoms with Crippen LogP contribution in [0, 0.1) is 6.92 Å². The number of fused-ring (bicyclic) bond motifs is 2. The van der Waals surface area contributed by atoms with E-state index in [1.807, 2.05) is 11.7 Å². The van der Waals surface area contributed by atoms with Crippen molar-refractivity contribution in [2.45, 2.75) is 26.7 Å². The van der Waals surface area contributed by atoms with Crippen LogP contribution in [0.3, 0.4) is 0 Å². The van der Waals surface area contributed by atoms with Gasteiger partial charge in [-0.2, -0.15) is 5.10 Å². The van der Waals surface area contributed by atoms with Gasteiger partial charge in [0.25, 0.3) is 0 Å². The van der Waals surface area contributed by atoms with Gasteiger partial charge in [0, 0.05) is 19.0 Å². The fourth-order valence-corrected chi connectivity index (χ4v) is 3.21. The van der Waals surface area contributed by atoms with Crippen LogP contribution in [0.15, 0.2) is 18.2 Å². The lowest BCUT2D eigenvalue weighted by Crippen LogP contribution is -2.16. The summed E-state index contributed by atoms with van der Waals surface area (Å²) in [6, 6.07) is 6.59. The summed E-state index contributed by atoms with van der Waals surface area (Å²) in [6.07, 6.45) is 2.12. The predicted molar refractivity (Wildman–Crippen MR) is 109 cm³/mol. The van der Waals surface area contributed by atoms with Crippen molar-refractivity contribution in [3.63, 3.8) is 0 Å². The maximum atomic E-state index is 4.88. The predicted octanol–water partition coefficient (Wildman–Crippen LogP) is 3.78. The fourth-order valence-electron chi connectivity index (χ4n) is 3.21. The summed E-state index contributed by atoms with van der Waals surface area (Å²) in [4.78, 5) is 7.09. The number of benzene rings is 1. The molecule has 3 aromatic rings. The van der Waals surface area contributed by atoms with Crippen molar-refractivity contribution in [2.24, 2.45) is 7.05 Å². The quantitative estimate of drug-likeness (QED) is 0.679. The van der Waals surface area contributed by atoms with Gasteiger partial charge in [0.05, 0.1) is 22.3 Å². The van der Waals surface area contributed by atoms with Crippen LogP contribution in [0.2, 0.25) is 0 Å². The van der Waals surface area contributed by atoms with E-state index < -0.39 is 0 Å². The van der Waals surface area contributed by atoms with Crippen molar-refractivity contribution in [1.29, 1.82) is 0 Å². The van der Waals surface area contributed by atoms with Crippen molar-refractivity contribution in [1.82, 2.24) is 19.7 Å². The van der Waals surface area contributed by atoms with Gasteiger partial charge in [-0.15, -0.1) is 12.4 Å². The third kappa shape index (κ3) is 3.88. The Labute approximate surface area is 155 Å². The highest BCUT2D eigenvalue weighted by molar-refractivity contribution is 6.07. The summed E-state index contributed by atoms with van der Waals surface area (Å²) >= 11 is 0. The van der Waals surface area contributed by atoms with Crippen LogP contribution in [0.25, 0.3) is 21.9 Å². The number of aryl methyl sites for hydroxylation is 3. The van der Waals surface area contributed by atoms with Crippen LogP contribution in [-0.2, 0) is 13.5 Å². The minimum absolute atomic E-state index is 0. The highest BCUT2D eigenvalue weighted by Crippen LogP contribution is 2.33. The smallest absolute Gasteiger partial charge is 0.160 e. The standard InChI is InChI=1S/C19H27N5.ClH/c1-6-14-8-9-15-16(12-14)21-19-17(13(2)22-24(19)5)18(15)20-10-7-11-23(3)4;/h8-9,12H,6-7,10-11H2,1-5H3,(H,20,21);1H. The fraction of sp³-hybridized carbons (Fsp3) is 0.474. The minimum atomic E-state index is 0. The second-order valence-electron chi connectivity index (χ2n) is 6.68. The molecule has 0 aliphatic rings. The van der Waals surface area contributed by atoms with Crippen molar-refractivity contribution < 1.29 is 0 Å². The molecule has 0 spiro atoms. The first-order chi connectivity index (χ1) is 11.5. The second-order valence-corrected chi connectivity index (χ2v) is 6.68. The zero-order chi connectivity index (χ0) is 17.3. The molecule has 5 nitrogen and oxygen atoms in total. The van der Waals surface area contributed by atoms with E-state index in [9.17, 15) is 0 Å². The summed E-state index contributed by atoms with van der Waals surface area (Å²) in [5.74, 6) is 0. The molecule has 0 amide bonds. The number of anilines is 1. The van der Waals surface area contributed by atoms with Gasteiger partial charge in [-0.1, -0.05) is 19.1 Å². The van der Waals surface area contributed by atoms with Gasteiger partial charge in [0.2, 0.25) is 0 Å². The van der Waals surface area contributed by atoms with Gasteiger partial charge >= 0.3 is 0 Å². The maximum absolute atomic E-state index is 4.88. The van der Waals surface area contributed by atoms with Crippen LogP contribution >= 0.6 is 12.4 Å². The Balaban J connectivity index is 0.00000225.